The van der Waals surface area contributed by atoms with E-state index < -0.39 is 0 Å². The Labute approximate surface area is 169 Å². The second-order valence-electron chi connectivity index (χ2n) is 5.40. The fraction of sp³-hybridized carbons (Fsp3) is 0.158. The fourth-order valence-electron chi connectivity index (χ4n) is 2.33. The van der Waals surface area contributed by atoms with Crippen LogP contribution in [0.25, 0.3) is 11.3 Å². The predicted molar refractivity (Wildman–Crippen MR) is 109 cm³/mol. The van der Waals surface area contributed by atoms with Crippen molar-refractivity contribution in [3.63, 3.8) is 0 Å². The molecule has 0 unspecified atom stereocenters. The van der Waals surface area contributed by atoms with Crippen molar-refractivity contribution < 1.29 is 18.7 Å². The molecule has 0 aliphatic carbocycles. The van der Waals surface area contributed by atoms with Crippen molar-refractivity contribution in [1.82, 2.24) is 4.98 Å². The van der Waals surface area contributed by atoms with Gasteiger partial charge in [0.05, 0.1) is 31.9 Å². The molecular formula is C19H17BrN2O4S. The van der Waals surface area contributed by atoms with Gasteiger partial charge in [0.15, 0.2) is 5.76 Å². The Bertz CT molecular complexity index is 945. The maximum Gasteiger partial charge on any atom is 0.256 e. The van der Waals surface area contributed by atoms with Crippen molar-refractivity contribution in [3.8, 4) is 22.8 Å². The Morgan fingerprint density at radius 2 is 2.07 bits per heavy atom. The lowest BCUT2D eigenvalue weighted by atomic mass is 10.2. The van der Waals surface area contributed by atoms with E-state index in [1.807, 2.05) is 24.3 Å². The number of ether oxygens (including phenoxy) is 2. The summed E-state index contributed by atoms with van der Waals surface area (Å²) in [5, 5.41) is 3.24. The molecule has 1 aromatic heterocycles. The molecule has 140 valence electrons. The van der Waals surface area contributed by atoms with Gasteiger partial charge in [-0.1, -0.05) is 39.8 Å². The van der Waals surface area contributed by atoms with Gasteiger partial charge in [0.1, 0.15) is 11.5 Å². The summed E-state index contributed by atoms with van der Waals surface area (Å²) in [7, 11) is 3.11. The number of amides is 1. The van der Waals surface area contributed by atoms with Crippen molar-refractivity contribution in [3.05, 3.63) is 53.1 Å². The number of nitrogens with one attached hydrogen (secondary N) is 1. The van der Waals surface area contributed by atoms with Gasteiger partial charge in [-0.3, -0.25) is 4.79 Å². The van der Waals surface area contributed by atoms with E-state index in [0.717, 1.165) is 10.0 Å². The van der Waals surface area contributed by atoms with Crippen LogP contribution in [0.2, 0.25) is 0 Å². The highest BCUT2D eigenvalue weighted by Crippen LogP contribution is 2.30. The van der Waals surface area contributed by atoms with Crippen LogP contribution in [0.5, 0.6) is 11.5 Å². The van der Waals surface area contributed by atoms with Crippen LogP contribution in [-0.4, -0.2) is 30.9 Å². The Balaban J connectivity index is 1.62. The third kappa shape index (κ3) is 5.05. The molecule has 0 saturated heterocycles. The lowest BCUT2D eigenvalue weighted by Gasteiger charge is -2.11. The third-order valence-electron chi connectivity index (χ3n) is 3.60. The minimum absolute atomic E-state index is 0.152. The van der Waals surface area contributed by atoms with Crippen molar-refractivity contribution in [2.75, 3.05) is 25.3 Å². The van der Waals surface area contributed by atoms with Gasteiger partial charge in [-0.25, -0.2) is 4.98 Å². The van der Waals surface area contributed by atoms with Gasteiger partial charge < -0.3 is 19.2 Å². The van der Waals surface area contributed by atoms with E-state index in [1.54, 1.807) is 38.6 Å². The summed E-state index contributed by atoms with van der Waals surface area (Å²) in [6, 6.07) is 12.9. The lowest BCUT2D eigenvalue weighted by molar-refractivity contribution is -0.113. The number of anilines is 1. The number of hydrogen-bond donors (Lipinski definition) is 1. The fourth-order valence-corrected chi connectivity index (χ4v) is 3.33. The monoisotopic (exact) mass is 448 g/mol. The summed E-state index contributed by atoms with van der Waals surface area (Å²) in [6.07, 6.45) is 1.65. The van der Waals surface area contributed by atoms with Crippen molar-refractivity contribution >= 4 is 39.3 Å². The average Bonchev–Trinajstić information content (AvgIpc) is 3.15. The van der Waals surface area contributed by atoms with E-state index in [9.17, 15) is 4.79 Å². The van der Waals surface area contributed by atoms with E-state index in [1.165, 1.54) is 11.8 Å². The van der Waals surface area contributed by atoms with E-state index in [0.29, 0.717) is 28.2 Å². The number of benzene rings is 2. The largest absolute Gasteiger partial charge is 0.497 e. The Morgan fingerprint density at radius 1 is 1.22 bits per heavy atom. The molecule has 1 N–H and O–H groups in total. The van der Waals surface area contributed by atoms with Crippen LogP contribution in [-0.2, 0) is 4.79 Å². The van der Waals surface area contributed by atoms with Gasteiger partial charge in [-0.2, -0.15) is 0 Å². The zero-order valence-electron chi connectivity index (χ0n) is 14.7. The molecule has 0 saturated carbocycles. The first-order valence-electron chi connectivity index (χ1n) is 7.95. The molecule has 1 heterocycles. The number of hydrogen-bond acceptors (Lipinski definition) is 6. The average molecular weight is 449 g/mol. The zero-order chi connectivity index (χ0) is 19.2. The molecule has 0 radical (unpaired) electrons. The van der Waals surface area contributed by atoms with Gasteiger partial charge in [-0.15, -0.1) is 0 Å². The number of carbonyl (C=O) groups excluding carboxylic acids is 1. The molecule has 3 aromatic rings. The first kappa shape index (κ1) is 19.3. The normalized spacial score (nSPS) is 10.5. The van der Waals surface area contributed by atoms with Gasteiger partial charge in [0.25, 0.3) is 5.22 Å². The summed E-state index contributed by atoms with van der Waals surface area (Å²) >= 11 is 4.65. The van der Waals surface area contributed by atoms with Crippen molar-refractivity contribution in [2.45, 2.75) is 5.22 Å². The summed E-state index contributed by atoms with van der Waals surface area (Å²) in [5.41, 5.74) is 1.46. The molecule has 0 atom stereocenters. The number of aromatic nitrogens is 1. The molecule has 0 aliphatic rings. The minimum Gasteiger partial charge on any atom is -0.497 e. The van der Waals surface area contributed by atoms with Crippen LogP contribution < -0.4 is 14.8 Å². The Hall–Kier alpha value is -2.45. The summed E-state index contributed by atoms with van der Waals surface area (Å²) in [6.45, 7) is 0. The number of oxazole rings is 1. The van der Waals surface area contributed by atoms with Gasteiger partial charge >= 0.3 is 0 Å². The number of nitrogens with zero attached hydrogens (tertiary/aromatic N) is 1. The number of carbonyl (C=O) groups is 1. The van der Waals surface area contributed by atoms with Crippen LogP contribution in [0.4, 0.5) is 5.69 Å². The molecule has 0 fully saturated rings. The predicted octanol–water partition coefficient (Wildman–Crippen LogP) is 4.85. The van der Waals surface area contributed by atoms with E-state index >= 15 is 0 Å². The number of thioether (sulfide) groups is 1. The topological polar surface area (TPSA) is 73.6 Å². The summed E-state index contributed by atoms with van der Waals surface area (Å²) in [4.78, 5) is 16.5. The first-order chi connectivity index (χ1) is 13.1. The molecule has 6 nitrogen and oxygen atoms in total. The number of halogens is 1. The molecule has 1 amide bonds. The van der Waals surface area contributed by atoms with Crippen LogP contribution in [0.15, 0.2) is 62.8 Å². The zero-order valence-corrected chi connectivity index (χ0v) is 17.1. The highest BCUT2D eigenvalue weighted by Gasteiger charge is 2.12. The molecule has 27 heavy (non-hydrogen) atoms. The van der Waals surface area contributed by atoms with Gasteiger partial charge in [0.2, 0.25) is 5.91 Å². The van der Waals surface area contributed by atoms with Gasteiger partial charge in [-0.05, 0) is 24.3 Å². The molecule has 8 heteroatoms. The van der Waals surface area contributed by atoms with Gasteiger partial charge in [0, 0.05) is 16.1 Å². The summed E-state index contributed by atoms with van der Waals surface area (Å²) < 4.78 is 17.1. The van der Waals surface area contributed by atoms with Crippen LogP contribution >= 0.6 is 27.7 Å². The molecule has 2 aromatic carbocycles. The highest BCUT2D eigenvalue weighted by molar-refractivity contribution is 9.10. The molecular weight excluding hydrogens is 432 g/mol. The van der Waals surface area contributed by atoms with Crippen LogP contribution in [0.3, 0.4) is 0 Å². The maximum absolute atomic E-state index is 12.3. The maximum atomic E-state index is 12.3. The summed E-state index contributed by atoms with van der Waals surface area (Å²) in [5.74, 6) is 1.79. The first-order valence-corrected chi connectivity index (χ1v) is 9.73. The molecule has 0 spiro atoms. The Kier molecular flexibility index (Phi) is 6.41. The molecule has 0 aliphatic heterocycles. The minimum atomic E-state index is -0.200. The van der Waals surface area contributed by atoms with Crippen molar-refractivity contribution in [2.24, 2.45) is 0 Å². The van der Waals surface area contributed by atoms with E-state index in [4.69, 9.17) is 13.9 Å². The van der Waals surface area contributed by atoms with Crippen LogP contribution in [0, 0.1) is 0 Å². The number of methoxy groups -OCH3 is 2. The molecule has 0 bridgehead atoms. The van der Waals surface area contributed by atoms with E-state index in [-0.39, 0.29) is 11.7 Å². The third-order valence-corrected chi connectivity index (χ3v) is 4.94. The quantitative estimate of drug-likeness (QED) is 0.520. The van der Waals surface area contributed by atoms with Crippen molar-refractivity contribution in [1.29, 1.82) is 0 Å². The Morgan fingerprint density at radius 3 is 2.81 bits per heavy atom. The number of rotatable bonds is 7. The smallest absolute Gasteiger partial charge is 0.256 e. The second kappa shape index (κ2) is 8.96. The molecule has 3 rings (SSSR count). The van der Waals surface area contributed by atoms with Crippen LogP contribution in [0.1, 0.15) is 0 Å². The van der Waals surface area contributed by atoms with E-state index in [2.05, 4.69) is 26.2 Å². The SMILES string of the molecule is COc1ccc(OC)c(NC(=O)CSc2ncc(-c3cccc(Br)c3)o2)c1. The standard InChI is InChI=1S/C19H17BrN2O4S/c1-24-14-6-7-16(25-2)15(9-14)22-18(23)11-27-19-21-10-17(26-19)12-4-3-5-13(20)8-12/h3-10H,11H2,1-2H3,(H,22,23). The second-order valence-corrected chi connectivity index (χ2v) is 7.25. The highest BCUT2D eigenvalue weighted by atomic mass is 79.9. The lowest BCUT2D eigenvalue weighted by Crippen LogP contribution is -2.14.